The quantitative estimate of drug-likeness (QED) is 0.548. The second-order valence-corrected chi connectivity index (χ2v) is 7.95. The lowest BCUT2D eigenvalue weighted by molar-refractivity contribution is -0.274. The molecule has 9 nitrogen and oxygen atoms in total. The SMILES string of the molecule is COC(=O)c1cc(Nc2nn(-c3ccc(OC(F)(F)F)cc3)c(=O)c3c2CCCC3)c(=O)n(C)c1. The second kappa shape index (κ2) is 9.28. The Bertz CT molecular complexity index is 1390. The Morgan fingerprint density at radius 2 is 1.71 bits per heavy atom. The van der Waals surface area contributed by atoms with E-state index >= 15 is 0 Å². The number of fused-ring (bicyclic) bond motifs is 1. The van der Waals surface area contributed by atoms with E-state index in [0.717, 1.165) is 29.7 Å². The van der Waals surface area contributed by atoms with E-state index in [-0.39, 0.29) is 22.8 Å². The van der Waals surface area contributed by atoms with Gasteiger partial charge in [-0.15, -0.1) is 18.3 Å². The van der Waals surface area contributed by atoms with Crippen LogP contribution in [0, 0.1) is 0 Å². The summed E-state index contributed by atoms with van der Waals surface area (Å²) in [5, 5.41) is 7.34. The van der Waals surface area contributed by atoms with E-state index < -0.39 is 29.2 Å². The highest BCUT2D eigenvalue weighted by Crippen LogP contribution is 2.28. The second-order valence-electron chi connectivity index (χ2n) is 7.95. The van der Waals surface area contributed by atoms with E-state index in [0.29, 0.717) is 24.0 Å². The van der Waals surface area contributed by atoms with Crippen molar-refractivity contribution in [3.05, 3.63) is 73.9 Å². The molecule has 0 aliphatic heterocycles. The Balaban J connectivity index is 1.80. The van der Waals surface area contributed by atoms with Gasteiger partial charge in [0.2, 0.25) is 0 Å². The van der Waals surface area contributed by atoms with Crippen LogP contribution < -0.4 is 21.2 Å². The number of halogens is 3. The van der Waals surface area contributed by atoms with Crippen LogP contribution in [0.25, 0.3) is 5.69 Å². The Hall–Kier alpha value is -4.09. The van der Waals surface area contributed by atoms with Crippen LogP contribution in [0.4, 0.5) is 24.7 Å². The minimum atomic E-state index is -4.84. The summed E-state index contributed by atoms with van der Waals surface area (Å²) < 4.78 is 48.4. The zero-order valence-electron chi connectivity index (χ0n) is 18.8. The molecule has 1 N–H and O–H groups in total. The normalized spacial score (nSPS) is 13.2. The predicted octanol–water partition coefficient (Wildman–Crippen LogP) is 3.24. The molecule has 0 bridgehead atoms. The Kier molecular flexibility index (Phi) is 6.37. The largest absolute Gasteiger partial charge is 0.573 e. The number of pyridine rings is 1. The summed E-state index contributed by atoms with van der Waals surface area (Å²) in [6.07, 6.45) is -0.866. The molecule has 1 aromatic carbocycles. The van der Waals surface area contributed by atoms with Crippen molar-refractivity contribution >= 4 is 17.5 Å². The molecule has 4 rings (SSSR count). The summed E-state index contributed by atoms with van der Waals surface area (Å²) in [5.74, 6) is -0.826. The standard InChI is InChI=1S/C23H21F3N4O5/c1-29-12-13(22(33)34-2)11-18(21(29)32)27-19-16-5-3-4-6-17(16)20(31)30(28-19)14-7-9-15(10-8-14)35-23(24,25)26/h7-12H,3-6H2,1-2H3,(H,27,28). The minimum absolute atomic E-state index is 0.0507. The van der Waals surface area contributed by atoms with Crippen molar-refractivity contribution in [2.24, 2.45) is 7.05 Å². The smallest absolute Gasteiger partial charge is 0.465 e. The van der Waals surface area contributed by atoms with E-state index in [1.54, 1.807) is 0 Å². The number of hydrogen-bond acceptors (Lipinski definition) is 7. The Morgan fingerprint density at radius 3 is 2.34 bits per heavy atom. The molecule has 0 amide bonds. The van der Waals surface area contributed by atoms with Crippen LogP contribution >= 0.6 is 0 Å². The van der Waals surface area contributed by atoms with Crippen molar-refractivity contribution in [3.63, 3.8) is 0 Å². The fraction of sp³-hybridized carbons (Fsp3) is 0.304. The van der Waals surface area contributed by atoms with Crippen LogP contribution in [0.1, 0.15) is 34.3 Å². The summed E-state index contributed by atoms with van der Waals surface area (Å²) in [4.78, 5) is 37.9. The maximum Gasteiger partial charge on any atom is 0.573 e. The summed E-state index contributed by atoms with van der Waals surface area (Å²) >= 11 is 0. The van der Waals surface area contributed by atoms with Gasteiger partial charge in [0.15, 0.2) is 5.82 Å². The van der Waals surface area contributed by atoms with Crippen molar-refractivity contribution in [2.45, 2.75) is 32.0 Å². The molecule has 35 heavy (non-hydrogen) atoms. The third-order valence-electron chi connectivity index (χ3n) is 5.58. The fourth-order valence-electron chi connectivity index (χ4n) is 3.96. The van der Waals surface area contributed by atoms with Crippen molar-refractivity contribution in [3.8, 4) is 11.4 Å². The van der Waals surface area contributed by atoms with E-state index in [9.17, 15) is 27.6 Å². The van der Waals surface area contributed by atoms with E-state index in [1.165, 1.54) is 43.1 Å². The number of aryl methyl sites for hydroxylation is 1. The van der Waals surface area contributed by atoms with Gasteiger partial charge in [0.25, 0.3) is 11.1 Å². The first-order valence-electron chi connectivity index (χ1n) is 10.6. The van der Waals surface area contributed by atoms with Gasteiger partial charge in [-0.1, -0.05) is 0 Å². The van der Waals surface area contributed by atoms with Gasteiger partial charge in [0.1, 0.15) is 11.4 Å². The number of anilines is 2. The summed E-state index contributed by atoms with van der Waals surface area (Å²) in [5.41, 5.74) is 0.734. The lowest BCUT2D eigenvalue weighted by Gasteiger charge is -2.21. The van der Waals surface area contributed by atoms with Gasteiger partial charge >= 0.3 is 12.3 Å². The van der Waals surface area contributed by atoms with Crippen LogP contribution in [-0.2, 0) is 24.6 Å². The van der Waals surface area contributed by atoms with Crippen LogP contribution in [0.15, 0.2) is 46.1 Å². The topological polar surface area (TPSA) is 104 Å². The summed E-state index contributed by atoms with van der Waals surface area (Å²) in [6, 6.07) is 6.07. The molecule has 3 aromatic rings. The summed E-state index contributed by atoms with van der Waals surface area (Å²) in [6.45, 7) is 0. The van der Waals surface area contributed by atoms with Crippen molar-refractivity contribution in [1.29, 1.82) is 0 Å². The number of methoxy groups -OCH3 is 1. The molecular formula is C23H21F3N4O5. The molecule has 2 aromatic heterocycles. The molecule has 0 saturated heterocycles. The zero-order chi connectivity index (χ0) is 25.3. The fourth-order valence-corrected chi connectivity index (χ4v) is 3.96. The van der Waals surface area contributed by atoms with Gasteiger partial charge in [-0.25, -0.2) is 4.79 Å². The molecule has 0 unspecified atom stereocenters. The molecule has 0 atom stereocenters. The van der Waals surface area contributed by atoms with Crippen molar-refractivity contribution in [2.75, 3.05) is 12.4 Å². The van der Waals surface area contributed by atoms with Crippen molar-refractivity contribution in [1.82, 2.24) is 14.3 Å². The van der Waals surface area contributed by atoms with Gasteiger partial charge in [-0.3, -0.25) is 9.59 Å². The van der Waals surface area contributed by atoms with Gasteiger partial charge in [-0.05, 0) is 56.0 Å². The molecule has 1 aliphatic carbocycles. The van der Waals surface area contributed by atoms with Crippen LogP contribution in [-0.4, -0.2) is 33.8 Å². The lowest BCUT2D eigenvalue weighted by Crippen LogP contribution is -2.30. The van der Waals surface area contributed by atoms with Crippen molar-refractivity contribution < 1.29 is 27.4 Å². The average Bonchev–Trinajstić information content (AvgIpc) is 2.82. The van der Waals surface area contributed by atoms with Crippen LogP contribution in [0.5, 0.6) is 5.75 Å². The van der Waals surface area contributed by atoms with E-state index in [2.05, 4.69) is 15.2 Å². The molecule has 0 fully saturated rings. The third-order valence-corrected chi connectivity index (χ3v) is 5.58. The predicted molar refractivity (Wildman–Crippen MR) is 119 cm³/mol. The molecule has 184 valence electrons. The summed E-state index contributed by atoms with van der Waals surface area (Å²) in [7, 11) is 2.70. The van der Waals surface area contributed by atoms with Gasteiger partial charge in [0.05, 0.1) is 18.4 Å². The Labute approximate surface area is 196 Å². The monoisotopic (exact) mass is 490 g/mol. The molecule has 0 spiro atoms. The highest BCUT2D eigenvalue weighted by Gasteiger charge is 2.31. The first kappa shape index (κ1) is 24.0. The molecule has 12 heteroatoms. The number of aromatic nitrogens is 3. The molecule has 0 saturated carbocycles. The average molecular weight is 490 g/mol. The zero-order valence-corrected chi connectivity index (χ0v) is 18.8. The number of nitrogens with one attached hydrogen (secondary N) is 1. The number of carbonyl (C=O) groups excluding carboxylic acids is 1. The van der Waals surface area contributed by atoms with Gasteiger partial charge in [0, 0.05) is 24.4 Å². The van der Waals surface area contributed by atoms with Gasteiger partial charge in [-0.2, -0.15) is 4.68 Å². The van der Waals surface area contributed by atoms with Gasteiger partial charge < -0.3 is 19.4 Å². The molecule has 2 heterocycles. The van der Waals surface area contributed by atoms with Crippen LogP contribution in [0.2, 0.25) is 0 Å². The number of esters is 1. The first-order valence-corrected chi connectivity index (χ1v) is 10.6. The highest BCUT2D eigenvalue weighted by molar-refractivity contribution is 5.90. The minimum Gasteiger partial charge on any atom is -0.465 e. The number of carbonyl (C=O) groups is 1. The number of hydrogen-bond donors (Lipinski definition) is 1. The Morgan fingerprint density at radius 1 is 1.06 bits per heavy atom. The molecule has 1 aliphatic rings. The number of ether oxygens (including phenoxy) is 2. The van der Waals surface area contributed by atoms with Crippen LogP contribution in [0.3, 0.4) is 0 Å². The lowest BCUT2D eigenvalue weighted by atomic mass is 9.93. The number of benzene rings is 1. The number of rotatable bonds is 5. The third kappa shape index (κ3) is 5.05. The number of alkyl halides is 3. The van der Waals surface area contributed by atoms with E-state index in [4.69, 9.17) is 4.74 Å². The highest BCUT2D eigenvalue weighted by atomic mass is 19.4. The first-order chi connectivity index (χ1) is 16.6. The van der Waals surface area contributed by atoms with E-state index in [1.807, 2.05) is 0 Å². The molecule has 0 radical (unpaired) electrons. The number of nitrogens with zero attached hydrogens (tertiary/aromatic N) is 3. The molecular weight excluding hydrogens is 469 g/mol. The maximum absolute atomic E-state index is 13.2. The maximum atomic E-state index is 13.2.